The summed E-state index contributed by atoms with van der Waals surface area (Å²) in [4.78, 5) is 14.0. The van der Waals surface area contributed by atoms with Gasteiger partial charge in [-0.1, -0.05) is 0 Å². The van der Waals surface area contributed by atoms with Gasteiger partial charge in [0.2, 0.25) is 5.69 Å². The summed E-state index contributed by atoms with van der Waals surface area (Å²) in [5, 5.41) is 22.6. The number of nitro groups is 1. The van der Waals surface area contributed by atoms with Crippen LogP contribution in [0.5, 0.6) is 0 Å². The van der Waals surface area contributed by atoms with Crippen LogP contribution in [0.3, 0.4) is 0 Å². The second kappa shape index (κ2) is 5.42. The number of rotatable bonds is 3. The van der Waals surface area contributed by atoms with Crippen molar-refractivity contribution in [1.82, 2.24) is 4.98 Å². The Labute approximate surface area is 104 Å². The van der Waals surface area contributed by atoms with Crippen molar-refractivity contribution in [2.75, 3.05) is 18.5 Å². The van der Waals surface area contributed by atoms with E-state index in [1.165, 1.54) is 12.1 Å². The van der Waals surface area contributed by atoms with Gasteiger partial charge in [0.05, 0.1) is 17.6 Å². The zero-order valence-electron chi connectivity index (χ0n) is 9.63. The van der Waals surface area contributed by atoms with E-state index in [1.807, 2.05) is 0 Å². The predicted octanol–water partition coefficient (Wildman–Crippen LogP) is 1.45. The first-order valence-corrected chi connectivity index (χ1v) is 5.60. The fraction of sp³-hybridized carbons (Fsp3) is 0.455. The highest BCUT2D eigenvalue weighted by atomic mass is 16.6. The largest absolute Gasteiger partial charge is 0.379 e. The molecular formula is C11H12N4O3. The number of nitrogens with zero attached hydrogens (tertiary/aromatic N) is 3. The fourth-order valence-electron chi connectivity index (χ4n) is 1.83. The molecule has 7 heteroatoms. The number of hydrogen-bond donors (Lipinski definition) is 1. The van der Waals surface area contributed by atoms with E-state index >= 15 is 0 Å². The van der Waals surface area contributed by atoms with Crippen LogP contribution in [0, 0.1) is 21.4 Å². The summed E-state index contributed by atoms with van der Waals surface area (Å²) in [5.74, 6) is 0.465. The van der Waals surface area contributed by atoms with E-state index in [2.05, 4.69) is 10.3 Å². The molecule has 1 fully saturated rings. The summed E-state index contributed by atoms with van der Waals surface area (Å²) in [6.07, 6.45) is 1.93. The van der Waals surface area contributed by atoms with Crippen molar-refractivity contribution in [2.45, 2.75) is 18.9 Å². The summed E-state index contributed by atoms with van der Waals surface area (Å²) in [6, 6.07) is 4.67. The lowest BCUT2D eigenvalue weighted by Crippen LogP contribution is -2.30. The predicted molar refractivity (Wildman–Crippen MR) is 63.1 cm³/mol. The standard InChI is InChI=1S/C11H12N4O3/c12-6-9-10(15(16)17)3-4-11(14-9)13-8-2-1-5-18-7-8/h3-4,8H,1-2,5,7H2,(H,13,14). The molecule has 1 saturated heterocycles. The van der Waals surface area contributed by atoms with Crippen molar-refractivity contribution in [3.05, 3.63) is 27.9 Å². The second-order valence-corrected chi connectivity index (χ2v) is 3.99. The lowest BCUT2D eigenvalue weighted by Gasteiger charge is -2.23. The third-order valence-corrected chi connectivity index (χ3v) is 2.69. The van der Waals surface area contributed by atoms with E-state index in [9.17, 15) is 10.1 Å². The van der Waals surface area contributed by atoms with Crippen molar-refractivity contribution in [3.63, 3.8) is 0 Å². The van der Waals surface area contributed by atoms with Gasteiger partial charge in [-0.25, -0.2) is 4.98 Å². The van der Waals surface area contributed by atoms with Crippen molar-refractivity contribution >= 4 is 11.5 Å². The summed E-state index contributed by atoms with van der Waals surface area (Å²) in [6.45, 7) is 1.34. The Morgan fingerprint density at radius 1 is 1.61 bits per heavy atom. The van der Waals surface area contributed by atoms with E-state index < -0.39 is 4.92 Å². The molecule has 1 aliphatic rings. The third kappa shape index (κ3) is 2.73. The molecular weight excluding hydrogens is 236 g/mol. The normalized spacial score (nSPS) is 18.9. The lowest BCUT2D eigenvalue weighted by molar-refractivity contribution is -0.385. The number of nitriles is 1. The minimum Gasteiger partial charge on any atom is -0.379 e. The van der Waals surface area contributed by atoms with Crippen molar-refractivity contribution in [1.29, 1.82) is 5.26 Å². The average molecular weight is 248 g/mol. The van der Waals surface area contributed by atoms with E-state index in [4.69, 9.17) is 10.00 Å². The topological polar surface area (TPSA) is 101 Å². The maximum atomic E-state index is 10.7. The van der Waals surface area contributed by atoms with Crippen LogP contribution in [0.1, 0.15) is 18.5 Å². The van der Waals surface area contributed by atoms with Gasteiger partial charge in [0.25, 0.3) is 0 Å². The van der Waals surface area contributed by atoms with Gasteiger partial charge in [0.15, 0.2) is 0 Å². The van der Waals surface area contributed by atoms with Crippen molar-refractivity contribution < 1.29 is 9.66 Å². The summed E-state index contributed by atoms with van der Waals surface area (Å²) in [5.41, 5.74) is -0.454. The molecule has 0 amide bonds. The van der Waals surface area contributed by atoms with Crippen LogP contribution >= 0.6 is 0 Å². The van der Waals surface area contributed by atoms with Crippen LogP contribution in [0.25, 0.3) is 0 Å². The monoisotopic (exact) mass is 248 g/mol. The Kier molecular flexibility index (Phi) is 3.69. The van der Waals surface area contributed by atoms with Gasteiger partial charge in [-0.2, -0.15) is 5.26 Å². The summed E-state index contributed by atoms with van der Waals surface area (Å²) in [7, 11) is 0. The van der Waals surface area contributed by atoms with Gasteiger partial charge in [0, 0.05) is 12.7 Å². The van der Waals surface area contributed by atoms with Gasteiger partial charge in [0.1, 0.15) is 11.9 Å². The minimum atomic E-state index is -0.612. The van der Waals surface area contributed by atoms with Gasteiger partial charge < -0.3 is 10.1 Å². The van der Waals surface area contributed by atoms with Crippen LogP contribution < -0.4 is 5.32 Å². The molecule has 0 bridgehead atoms. The molecule has 1 atom stereocenters. The number of ether oxygens (including phenoxy) is 1. The van der Waals surface area contributed by atoms with Crippen LogP contribution in [0.4, 0.5) is 11.5 Å². The minimum absolute atomic E-state index is 0.138. The third-order valence-electron chi connectivity index (χ3n) is 2.69. The Morgan fingerprint density at radius 2 is 2.44 bits per heavy atom. The molecule has 0 radical (unpaired) electrons. The highest BCUT2D eigenvalue weighted by Gasteiger charge is 2.18. The van der Waals surface area contributed by atoms with Crippen molar-refractivity contribution in [3.8, 4) is 6.07 Å². The first kappa shape index (κ1) is 12.3. The van der Waals surface area contributed by atoms with Gasteiger partial charge in [-0.05, 0) is 18.9 Å². The van der Waals surface area contributed by atoms with E-state index in [0.717, 1.165) is 19.4 Å². The molecule has 18 heavy (non-hydrogen) atoms. The number of hydrogen-bond acceptors (Lipinski definition) is 6. The van der Waals surface area contributed by atoms with Crippen molar-refractivity contribution in [2.24, 2.45) is 0 Å². The highest BCUT2D eigenvalue weighted by Crippen LogP contribution is 2.19. The molecule has 0 aromatic carbocycles. The number of anilines is 1. The van der Waals surface area contributed by atoms with Crippen LogP contribution in [0.2, 0.25) is 0 Å². The summed E-state index contributed by atoms with van der Waals surface area (Å²) < 4.78 is 5.31. The van der Waals surface area contributed by atoms with Gasteiger partial charge in [-0.15, -0.1) is 0 Å². The quantitative estimate of drug-likeness (QED) is 0.641. The maximum absolute atomic E-state index is 10.7. The number of aromatic nitrogens is 1. The van der Waals surface area contributed by atoms with Gasteiger partial charge >= 0.3 is 5.69 Å². The smallest absolute Gasteiger partial charge is 0.305 e. The molecule has 1 N–H and O–H groups in total. The number of nitrogens with one attached hydrogen (secondary N) is 1. The maximum Gasteiger partial charge on any atom is 0.305 e. The SMILES string of the molecule is N#Cc1nc(NC2CCCOC2)ccc1[N+](=O)[O-]. The molecule has 7 nitrogen and oxygen atoms in total. The molecule has 1 aliphatic heterocycles. The molecule has 2 rings (SSSR count). The molecule has 0 aliphatic carbocycles. The Bertz CT molecular complexity index is 492. The fourth-order valence-corrected chi connectivity index (χ4v) is 1.83. The lowest BCUT2D eigenvalue weighted by atomic mass is 10.1. The summed E-state index contributed by atoms with van der Waals surface area (Å²) >= 11 is 0. The van der Waals surface area contributed by atoms with Crippen LogP contribution in [0.15, 0.2) is 12.1 Å². The zero-order chi connectivity index (χ0) is 13.0. The first-order chi connectivity index (χ1) is 8.70. The highest BCUT2D eigenvalue weighted by molar-refractivity contribution is 5.50. The Balaban J connectivity index is 2.14. The Morgan fingerprint density at radius 3 is 3.06 bits per heavy atom. The van der Waals surface area contributed by atoms with Crippen LogP contribution in [-0.4, -0.2) is 29.2 Å². The zero-order valence-corrected chi connectivity index (χ0v) is 9.63. The van der Waals surface area contributed by atoms with E-state index in [-0.39, 0.29) is 17.4 Å². The molecule has 1 unspecified atom stereocenters. The molecule has 0 spiro atoms. The van der Waals surface area contributed by atoms with E-state index in [0.29, 0.717) is 12.4 Å². The average Bonchev–Trinajstić information content (AvgIpc) is 2.39. The molecule has 0 saturated carbocycles. The Hall–Kier alpha value is -2.20. The van der Waals surface area contributed by atoms with Crippen LogP contribution in [-0.2, 0) is 4.74 Å². The molecule has 1 aromatic rings. The molecule has 94 valence electrons. The van der Waals surface area contributed by atoms with Gasteiger partial charge in [-0.3, -0.25) is 10.1 Å². The molecule has 2 heterocycles. The van der Waals surface area contributed by atoms with E-state index in [1.54, 1.807) is 6.07 Å². The molecule has 1 aromatic heterocycles. The number of pyridine rings is 1. The second-order valence-electron chi connectivity index (χ2n) is 3.99. The first-order valence-electron chi connectivity index (χ1n) is 5.60.